The fraction of sp³-hybridized carbons (Fsp3) is 0.273. The van der Waals surface area contributed by atoms with Crippen molar-refractivity contribution in [1.29, 1.82) is 0 Å². The molecule has 2 aromatic rings. The Labute approximate surface area is 97.0 Å². The predicted octanol–water partition coefficient (Wildman–Crippen LogP) is 1.62. The third-order valence-corrected chi connectivity index (χ3v) is 2.37. The van der Waals surface area contributed by atoms with Crippen LogP contribution in [0.25, 0.3) is 0 Å². The standard InChI is InChI=1S/C11H12F2N4/c1-7(14)11-6-17(16-15-11)5-8-2-3-9(12)4-10(8)13/h2-4,6-7H,5,14H2,1H3. The molecule has 1 heterocycles. The van der Waals surface area contributed by atoms with Crippen LogP contribution in [0.4, 0.5) is 8.78 Å². The number of hydrogen-bond donors (Lipinski definition) is 1. The molecule has 0 saturated carbocycles. The van der Waals surface area contributed by atoms with Gasteiger partial charge in [0, 0.05) is 17.7 Å². The van der Waals surface area contributed by atoms with Crippen LogP contribution in [0, 0.1) is 11.6 Å². The average molecular weight is 238 g/mol. The Bertz CT molecular complexity index is 522. The fourth-order valence-corrected chi connectivity index (χ4v) is 1.42. The molecular weight excluding hydrogens is 226 g/mol. The number of benzene rings is 1. The molecule has 0 fully saturated rings. The Kier molecular flexibility index (Phi) is 3.14. The molecule has 2 N–H and O–H groups in total. The first-order chi connectivity index (χ1) is 8.06. The Hall–Kier alpha value is -1.82. The van der Waals surface area contributed by atoms with Crippen molar-refractivity contribution in [1.82, 2.24) is 15.0 Å². The highest BCUT2D eigenvalue weighted by molar-refractivity contribution is 5.18. The monoisotopic (exact) mass is 238 g/mol. The van der Waals surface area contributed by atoms with Gasteiger partial charge in [-0.2, -0.15) is 0 Å². The van der Waals surface area contributed by atoms with E-state index >= 15 is 0 Å². The molecule has 90 valence electrons. The maximum absolute atomic E-state index is 13.4. The summed E-state index contributed by atoms with van der Waals surface area (Å²) in [6.45, 7) is 1.98. The SMILES string of the molecule is CC(N)c1cn(Cc2ccc(F)cc2F)nn1. The van der Waals surface area contributed by atoms with Gasteiger partial charge in [-0.3, -0.25) is 0 Å². The van der Waals surface area contributed by atoms with Crippen molar-refractivity contribution in [3.8, 4) is 0 Å². The highest BCUT2D eigenvalue weighted by Gasteiger charge is 2.08. The predicted molar refractivity (Wildman–Crippen MR) is 58.1 cm³/mol. The highest BCUT2D eigenvalue weighted by atomic mass is 19.1. The second-order valence-corrected chi connectivity index (χ2v) is 3.87. The molecule has 17 heavy (non-hydrogen) atoms. The van der Waals surface area contributed by atoms with Crippen molar-refractivity contribution in [2.45, 2.75) is 19.5 Å². The van der Waals surface area contributed by atoms with Gasteiger partial charge in [-0.05, 0) is 13.0 Å². The third-order valence-electron chi connectivity index (χ3n) is 2.37. The lowest BCUT2D eigenvalue weighted by Gasteiger charge is -2.02. The number of nitrogens with two attached hydrogens (primary N) is 1. The molecule has 1 unspecified atom stereocenters. The van der Waals surface area contributed by atoms with Gasteiger partial charge < -0.3 is 5.73 Å². The molecule has 0 aliphatic heterocycles. The summed E-state index contributed by atoms with van der Waals surface area (Å²) in [7, 11) is 0. The summed E-state index contributed by atoms with van der Waals surface area (Å²) in [6, 6.07) is 3.22. The molecule has 0 amide bonds. The van der Waals surface area contributed by atoms with Crippen molar-refractivity contribution < 1.29 is 8.78 Å². The molecule has 1 aromatic carbocycles. The molecule has 0 bridgehead atoms. The molecule has 4 nitrogen and oxygen atoms in total. The highest BCUT2D eigenvalue weighted by Crippen LogP contribution is 2.11. The summed E-state index contributed by atoms with van der Waals surface area (Å²) in [5, 5.41) is 7.67. The summed E-state index contributed by atoms with van der Waals surface area (Å²) in [6.07, 6.45) is 1.65. The van der Waals surface area contributed by atoms with Gasteiger partial charge in [0.1, 0.15) is 11.6 Å². The number of rotatable bonds is 3. The number of halogens is 2. The normalized spacial score (nSPS) is 12.7. The Morgan fingerprint density at radius 3 is 2.76 bits per heavy atom. The van der Waals surface area contributed by atoms with Gasteiger partial charge in [-0.25, -0.2) is 13.5 Å². The number of nitrogens with zero attached hydrogens (tertiary/aromatic N) is 3. The van der Waals surface area contributed by atoms with Crippen LogP contribution in [0.15, 0.2) is 24.4 Å². The molecule has 0 radical (unpaired) electrons. The van der Waals surface area contributed by atoms with E-state index in [4.69, 9.17) is 5.73 Å². The van der Waals surface area contributed by atoms with E-state index in [9.17, 15) is 8.78 Å². The van der Waals surface area contributed by atoms with Crippen molar-refractivity contribution in [3.05, 3.63) is 47.3 Å². The lowest BCUT2D eigenvalue weighted by Crippen LogP contribution is -2.05. The van der Waals surface area contributed by atoms with E-state index < -0.39 is 11.6 Å². The van der Waals surface area contributed by atoms with E-state index in [2.05, 4.69) is 10.3 Å². The van der Waals surface area contributed by atoms with E-state index in [1.54, 1.807) is 13.1 Å². The van der Waals surface area contributed by atoms with Crippen LogP contribution < -0.4 is 5.73 Å². The van der Waals surface area contributed by atoms with Gasteiger partial charge in [0.05, 0.1) is 18.4 Å². The lowest BCUT2D eigenvalue weighted by atomic mass is 10.2. The Morgan fingerprint density at radius 1 is 1.41 bits per heavy atom. The van der Waals surface area contributed by atoms with Crippen LogP contribution in [0.3, 0.4) is 0 Å². The molecule has 0 aliphatic carbocycles. The van der Waals surface area contributed by atoms with E-state index in [1.165, 1.54) is 16.8 Å². The first-order valence-electron chi connectivity index (χ1n) is 5.16. The van der Waals surface area contributed by atoms with Crippen LogP contribution in [-0.4, -0.2) is 15.0 Å². The molecular formula is C11H12F2N4. The fourth-order valence-electron chi connectivity index (χ4n) is 1.42. The molecule has 0 saturated heterocycles. The number of aromatic nitrogens is 3. The van der Waals surface area contributed by atoms with Crippen LogP contribution in [0.1, 0.15) is 24.2 Å². The van der Waals surface area contributed by atoms with Gasteiger partial charge >= 0.3 is 0 Å². The minimum absolute atomic E-state index is 0.200. The molecule has 1 aromatic heterocycles. The van der Waals surface area contributed by atoms with Crippen molar-refractivity contribution >= 4 is 0 Å². The second kappa shape index (κ2) is 4.58. The zero-order valence-electron chi connectivity index (χ0n) is 9.27. The van der Waals surface area contributed by atoms with Gasteiger partial charge in [0.15, 0.2) is 0 Å². The zero-order chi connectivity index (χ0) is 12.4. The maximum Gasteiger partial charge on any atom is 0.131 e. The van der Waals surface area contributed by atoms with Crippen molar-refractivity contribution in [2.24, 2.45) is 5.73 Å². The zero-order valence-corrected chi connectivity index (χ0v) is 9.27. The van der Waals surface area contributed by atoms with E-state index in [0.29, 0.717) is 11.3 Å². The topological polar surface area (TPSA) is 56.7 Å². The van der Waals surface area contributed by atoms with Gasteiger partial charge in [0.25, 0.3) is 0 Å². The van der Waals surface area contributed by atoms with Crippen molar-refractivity contribution in [3.63, 3.8) is 0 Å². The van der Waals surface area contributed by atoms with E-state index in [1.807, 2.05) is 0 Å². The minimum Gasteiger partial charge on any atom is -0.323 e. The van der Waals surface area contributed by atoms with E-state index in [-0.39, 0.29) is 12.6 Å². The molecule has 2 rings (SSSR count). The Balaban J connectivity index is 2.19. The summed E-state index contributed by atoms with van der Waals surface area (Å²) in [4.78, 5) is 0. The third kappa shape index (κ3) is 2.65. The molecule has 6 heteroatoms. The molecule has 0 spiro atoms. The summed E-state index contributed by atoms with van der Waals surface area (Å²) in [5.41, 5.74) is 6.62. The summed E-state index contributed by atoms with van der Waals surface area (Å²) >= 11 is 0. The first-order valence-corrected chi connectivity index (χ1v) is 5.16. The number of hydrogen-bond acceptors (Lipinski definition) is 3. The first kappa shape index (κ1) is 11.7. The molecule has 1 atom stereocenters. The summed E-state index contributed by atoms with van der Waals surface area (Å²) < 4.78 is 27.5. The minimum atomic E-state index is -0.596. The maximum atomic E-state index is 13.4. The van der Waals surface area contributed by atoms with Crippen molar-refractivity contribution in [2.75, 3.05) is 0 Å². The molecule has 0 aliphatic rings. The average Bonchev–Trinajstić information content (AvgIpc) is 2.71. The van der Waals surface area contributed by atoms with Crippen LogP contribution in [-0.2, 0) is 6.54 Å². The van der Waals surface area contributed by atoms with Gasteiger partial charge in [0.2, 0.25) is 0 Å². The quantitative estimate of drug-likeness (QED) is 0.884. The van der Waals surface area contributed by atoms with Gasteiger partial charge in [-0.15, -0.1) is 5.10 Å². The lowest BCUT2D eigenvalue weighted by molar-refractivity contribution is 0.554. The van der Waals surface area contributed by atoms with Crippen LogP contribution in [0.5, 0.6) is 0 Å². The van der Waals surface area contributed by atoms with Crippen LogP contribution in [0.2, 0.25) is 0 Å². The largest absolute Gasteiger partial charge is 0.323 e. The van der Waals surface area contributed by atoms with Gasteiger partial charge in [-0.1, -0.05) is 11.3 Å². The smallest absolute Gasteiger partial charge is 0.131 e. The second-order valence-electron chi connectivity index (χ2n) is 3.87. The summed E-state index contributed by atoms with van der Waals surface area (Å²) in [5.74, 6) is -1.19. The van der Waals surface area contributed by atoms with E-state index in [0.717, 1.165) is 6.07 Å². The Morgan fingerprint density at radius 2 is 2.18 bits per heavy atom. The van der Waals surface area contributed by atoms with Crippen LogP contribution >= 0.6 is 0 Å².